The molecule has 0 unspecified atom stereocenters. The molecule has 4 nitrogen and oxygen atoms in total. The van der Waals surface area contributed by atoms with Crippen LogP contribution in [-0.2, 0) is 0 Å². The fourth-order valence-corrected chi connectivity index (χ4v) is 2.34. The van der Waals surface area contributed by atoms with Crippen LogP contribution < -0.4 is 10.6 Å². The molecule has 96 valence electrons. The summed E-state index contributed by atoms with van der Waals surface area (Å²) in [5.74, 6) is 0. The number of nitrogens with zero attached hydrogens (tertiary/aromatic N) is 3. The van der Waals surface area contributed by atoms with Gasteiger partial charge in [-0.2, -0.15) is 0 Å². The lowest BCUT2D eigenvalue weighted by Gasteiger charge is -2.29. The van der Waals surface area contributed by atoms with Crippen LogP contribution in [0.3, 0.4) is 0 Å². The van der Waals surface area contributed by atoms with Crippen LogP contribution in [0.4, 0.5) is 5.69 Å². The number of halogens is 1. The van der Waals surface area contributed by atoms with Gasteiger partial charge in [-0.1, -0.05) is 0 Å². The molecule has 2 aromatic heterocycles. The monoisotopic (exact) mass is 308 g/mol. The topological polar surface area (TPSA) is 55.0 Å². The molecule has 2 heterocycles. The van der Waals surface area contributed by atoms with E-state index in [1.807, 2.05) is 18.3 Å². The summed E-state index contributed by atoms with van der Waals surface area (Å²) in [5.41, 5.74) is 8.59. The molecule has 18 heavy (non-hydrogen) atoms. The first-order valence-corrected chi connectivity index (χ1v) is 6.79. The summed E-state index contributed by atoms with van der Waals surface area (Å²) in [6.45, 7) is 5.74. The first-order chi connectivity index (χ1) is 8.63. The van der Waals surface area contributed by atoms with Crippen molar-refractivity contribution in [1.82, 2.24) is 9.97 Å². The molecule has 2 N–H and O–H groups in total. The molecule has 0 radical (unpaired) electrons. The molecule has 0 bridgehead atoms. The molecular weight excluding hydrogens is 292 g/mol. The Morgan fingerprint density at radius 2 is 2.17 bits per heavy atom. The maximum atomic E-state index is 5.69. The van der Waals surface area contributed by atoms with E-state index in [1.54, 1.807) is 6.20 Å². The van der Waals surface area contributed by atoms with Gasteiger partial charge < -0.3 is 10.6 Å². The van der Waals surface area contributed by atoms with Gasteiger partial charge in [0, 0.05) is 36.0 Å². The number of hydrogen-bond donors (Lipinski definition) is 1. The van der Waals surface area contributed by atoms with Crippen molar-refractivity contribution in [3.63, 3.8) is 0 Å². The van der Waals surface area contributed by atoms with Gasteiger partial charge >= 0.3 is 0 Å². The Bertz CT molecular complexity index is 542. The van der Waals surface area contributed by atoms with Crippen molar-refractivity contribution in [3.8, 4) is 0 Å². The highest BCUT2D eigenvalue weighted by atomic mass is 79.9. The quantitative estimate of drug-likeness (QED) is 0.943. The second-order valence-corrected chi connectivity index (χ2v) is 5.34. The normalized spacial score (nSPS) is 11.2. The lowest BCUT2D eigenvalue weighted by Crippen LogP contribution is -2.35. The highest BCUT2D eigenvalue weighted by Crippen LogP contribution is 2.26. The number of hydrogen-bond acceptors (Lipinski definition) is 4. The molecule has 0 saturated heterocycles. The Morgan fingerprint density at radius 1 is 1.39 bits per heavy atom. The summed E-state index contributed by atoms with van der Waals surface area (Å²) < 4.78 is 0.939. The van der Waals surface area contributed by atoms with E-state index in [9.17, 15) is 0 Å². The van der Waals surface area contributed by atoms with Gasteiger partial charge in [0.15, 0.2) is 0 Å². The third kappa shape index (κ3) is 2.62. The average Bonchev–Trinajstić information content (AvgIpc) is 2.34. The van der Waals surface area contributed by atoms with Crippen LogP contribution in [0.1, 0.15) is 13.8 Å². The van der Waals surface area contributed by atoms with Crippen molar-refractivity contribution in [2.24, 2.45) is 5.73 Å². The molecule has 0 aliphatic rings. The molecule has 0 aliphatic carbocycles. The van der Waals surface area contributed by atoms with Gasteiger partial charge in [0.05, 0.1) is 11.2 Å². The summed E-state index contributed by atoms with van der Waals surface area (Å²) in [6.07, 6.45) is 3.62. The minimum Gasteiger partial charge on any atom is -0.366 e. The lowest BCUT2D eigenvalue weighted by atomic mass is 10.2. The fraction of sp³-hybridized carbons (Fsp3) is 0.385. The Balaban J connectivity index is 2.55. The average molecular weight is 309 g/mol. The van der Waals surface area contributed by atoms with Crippen LogP contribution in [0.15, 0.2) is 29.0 Å². The van der Waals surface area contributed by atoms with Crippen LogP contribution in [0.5, 0.6) is 0 Å². The lowest BCUT2D eigenvalue weighted by molar-refractivity contribution is 0.685. The minimum absolute atomic E-state index is 0.379. The van der Waals surface area contributed by atoms with E-state index in [4.69, 9.17) is 5.73 Å². The Morgan fingerprint density at radius 3 is 2.83 bits per heavy atom. The predicted octanol–water partition coefficient (Wildman–Crippen LogP) is 2.57. The van der Waals surface area contributed by atoms with Gasteiger partial charge in [0.2, 0.25) is 0 Å². The largest absolute Gasteiger partial charge is 0.366 e. The molecule has 2 rings (SSSR count). The second-order valence-electron chi connectivity index (χ2n) is 4.43. The van der Waals surface area contributed by atoms with Crippen molar-refractivity contribution in [3.05, 3.63) is 29.0 Å². The maximum Gasteiger partial charge on any atom is 0.112 e. The van der Waals surface area contributed by atoms with Crippen LogP contribution in [0, 0.1) is 0 Å². The van der Waals surface area contributed by atoms with Crippen LogP contribution in [-0.4, -0.2) is 29.1 Å². The van der Waals surface area contributed by atoms with Crippen molar-refractivity contribution >= 4 is 32.7 Å². The zero-order chi connectivity index (χ0) is 13.1. The molecule has 0 aromatic carbocycles. The third-order valence-electron chi connectivity index (χ3n) is 2.83. The molecule has 0 saturated carbocycles. The third-order valence-corrected chi connectivity index (χ3v) is 3.26. The van der Waals surface area contributed by atoms with E-state index in [0.717, 1.165) is 27.7 Å². The van der Waals surface area contributed by atoms with Gasteiger partial charge in [-0.15, -0.1) is 0 Å². The van der Waals surface area contributed by atoms with Crippen LogP contribution in [0.25, 0.3) is 11.0 Å². The van der Waals surface area contributed by atoms with E-state index < -0.39 is 0 Å². The van der Waals surface area contributed by atoms with Crippen molar-refractivity contribution in [2.75, 3.05) is 18.0 Å². The number of anilines is 1. The Hall–Kier alpha value is -1.20. The molecule has 0 atom stereocenters. The summed E-state index contributed by atoms with van der Waals surface area (Å²) in [4.78, 5) is 11.1. The number of fused-ring (bicyclic) bond motifs is 1. The van der Waals surface area contributed by atoms with Crippen molar-refractivity contribution in [1.29, 1.82) is 0 Å². The van der Waals surface area contributed by atoms with E-state index in [2.05, 4.69) is 44.6 Å². The van der Waals surface area contributed by atoms with Gasteiger partial charge in [0.25, 0.3) is 0 Å². The van der Waals surface area contributed by atoms with Gasteiger partial charge in [0.1, 0.15) is 5.52 Å². The Kier molecular flexibility index (Phi) is 4.14. The minimum atomic E-state index is 0.379. The van der Waals surface area contributed by atoms with Gasteiger partial charge in [-0.05, 0) is 41.9 Å². The van der Waals surface area contributed by atoms with E-state index in [1.165, 1.54) is 0 Å². The van der Waals surface area contributed by atoms with E-state index in [0.29, 0.717) is 12.6 Å². The smallest absolute Gasteiger partial charge is 0.112 e. The second kappa shape index (κ2) is 5.63. The van der Waals surface area contributed by atoms with Gasteiger partial charge in [-0.3, -0.25) is 9.97 Å². The Labute approximate surface area is 115 Å². The zero-order valence-electron chi connectivity index (χ0n) is 10.6. The molecule has 5 heteroatoms. The summed E-state index contributed by atoms with van der Waals surface area (Å²) >= 11 is 3.42. The first-order valence-electron chi connectivity index (χ1n) is 6.00. The molecule has 0 amide bonds. The van der Waals surface area contributed by atoms with Crippen LogP contribution >= 0.6 is 15.9 Å². The first kappa shape index (κ1) is 13.2. The maximum absolute atomic E-state index is 5.69. The summed E-state index contributed by atoms with van der Waals surface area (Å²) in [5, 5.41) is 0. The van der Waals surface area contributed by atoms with Crippen LogP contribution in [0.2, 0.25) is 0 Å². The van der Waals surface area contributed by atoms with Gasteiger partial charge in [-0.25, -0.2) is 0 Å². The predicted molar refractivity (Wildman–Crippen MR) is 78.8 cm³/mol. The molecule has 0 aliphatic heterocycles. The number of nitrogens with two attached hydrogens (primary N) is 1. The number of aromatic nitrogens is 2. The zero-order valence-corrected chi connectivity index (χ0v) is 12.2. The SMILES string of the molecule is CC(C)N(CCN)c1ccnc2cc(Br)cnc12. The number of rotatable bonds is 4. The molecule has 0 spiro atoms. The van der Waals surface area contributed by atoms with E-state index in [-0.39, 0.29) is 0 Å². The standard InChI is InChI=1S/C13H17BrN4/c1-9(2)18(6-4-15)12-3-5-16-11-7-10(14)8-17-13(11)12/h3,5,7-9H,4,6,15H2,1-2H3. The molecular formula is C13H17BrN4. The highest BCUT2D eigenvalue weighted by Gasteiger charge is 2.14. The molecule has 2 aromatic rings. The summed E-state index contributed by atoms with van der Waals surface area (Å²) in [6, 6.07) is 4.36. The van der Waals surface area contributed by atoms with Crippen molar-refractivity contribution in [2.45, 2.75) is 19.9 Å². The van der Waals surface area contributed by atoms with Crippen molar-refractivity contribution < 1.29 is 0 Å². The molecule has 0 fully saturated rings. The number of pyridine rings is 2. The van der Waals surface area contributed by atoms with E-state index >= 15 is 0 Å². The fourth-order valence-electron chi connectivity index (χ4n) is 2.02. The highest BCUT2D eigenvalue weighted by molar-refractivity contribution is 9.10. The summed E-state index contributed by atoms with van der Waals surface area (Å²) in [7, 11) is 0.